The molecule has 0 saturated heterocycles. The van der Waals surface area contributed by atoms with Crippen molar-refractivity contribution in [2.24, 2.45) is 7.05 Å². The van der Waals surface area contributed by atoms with Gasteiger partial charge in [-0.3, -0.25) is 14.2 Å². The zero-order valence-corrected chi connectivity index (χ0v) is 16.5. The summed E-state index contributed by atoms with van der Waals surface area (Å²) in [5.74, 6) is -0.679. The normalized spacial score (nSPS) is 14.3. The Morgan fingerprint density at radius 3 is 3.00 bits per heavy atom. The fraction of sp³-hybridized carbons (Fsp3) is 0.316. The molecule has 2 heterocycles. The van der Waals surface area contributed by atoms with Gasteiger partial charge in [0, 0.05) is 17.6 Å². The summed E-state index contributed by atoms with van der Waals surface area (Å²) >= 11 is 2.81. The van der Waals surface area contributed by atoms with E-state index in [-0.39, 0.29) is 11.5 Å². The number of benzene rings is 1. The van der Waals surface area contributed by atoms with Crippen LogP contribution in [0.5, 0.6) is 0 Å². The van der Waals surface area contributed by atoms with Crippen LogP contribution in [0.1, 0.15) is 23.8 Å². The number of thioether (sulfide) groups is 1. The van der Waals surface area contributed by atoms with Crippen LogP contribution in [0.3, 0.4) is 0 Å². The molecule has 0 radical (unpaired) electrons. The molecular formula is C19H18FN3O2S2. The lowest BCUT2D eigenvalue weighted by atomic mass is 10.2. The molecule has 0 spiro atoms. The summed E-state index contributed by atoms with van der Waals surface area (Å²) in [5, 5.41) is 3.44. The highest BCUT2D eigenvalue weighted by Gasteiger charge is 2.24. The van der Waals surface area contributed by atoms with Crippen molar-refractivity contribution < 1.29 is 9.18 Å². The second kappa shape index (κ2) is 7.09. The molecule has 0 saturated carbocycles. The molecule has 2 aromatic heterocycles. The molecule has 4 rings (SSSR count). The highest BCUT2D eigenvalue weighted by molar-refractivity contribution is 8.00. The van der Waals surface area contributed by atoms with Crippen molar-refractivity contribution in [1.82, 2.24) is 9.55 Å². The van der Waals surface area contributed by atoms with E-state index < -0.39 is 11.1 Å². The lowest BCUT2D eigenvalue weighted by Gasteiger charge is -2.13. The van der Waals surface area contributed by atoms with E-state index in [9.17, 15) is 14.0 Å². The van der Waals surface area contributed by atoms with Crippen LogP contribution >= 0.6 is 23.1 Å². The van der Waals surface area contributed by atoms with E-state index in [4.69, 9.17) is 0 Å². The van der Waals surface area contributed by atoms with Crippen LogP contribution in [0, 0.1) is 5.82 Å². The van der Waals surface area contributed by atoms with Crippen molar-refractivity contribution in [3.63, 3.8) is 0 Å². The van der Waals surface area contributed by atoms with Crippen LogP contribution in [-0.2, 0) is 24.7 Å². The summed E-state index contributed by atoms with van der Waals surface area (Å²) in [7, 11) is 1.69. The SMILES string of the molecule is C[C@H](Sc1nc2sc3c(c2c(=O)n1C)CCC3)C(=O)Nc1cccc(F)c1. The van der Waals surface area contributed by atoms with Gasteiger partial charge in [0.25, 0.3) is 5.56 Å². The molecule has 27 heavy (non-hydrogen) atoms. The van der Waals surface area contributed by atoms with Crippen LogP contribution in [0.2, 0.25) is 0 Å². The number of aromatic nitrogens is 2. The molecular weight excluding hydrogens is 385 g/mol. The first-order valence-electron chi connectivity index (χ1n) is 8.68. The van der Waals surface area contributed by atoms with Crippen LogP contribution in [0.4, 0.5) is 10.1 Å². The molecule has 1 aliphatic carbocycles. The van der Waals surface area contributed by atoms with E-state index in [1.807, 2.05) is 0 Å². The molecule has 1 atom stereocenters. The predicted octanol–water partition coefficient (Wildman–Crippen LogP) is 3.74. The third-order valence-corrected chi connectivity index (χ3v) is 6.98. The summed E-state index contributed by atoms with van der Waals surface area (Å²) in [5.41, 5.74) is 1.50. The Balaban J connectivity index is 1.58. The Hall–Kier alpha value is -2.19. The zero-order valence-electron chi connectivity index (χ0n) is 14.9. The van der Waals surface area contributed by atoms with Gasteiger partial charge in [-0.05, 0) is 49.9 Å². The van der Waals surface area contributed by atoms with E-state index in [2.05, 4.69) is 10.3 Å². The number of halogens is 1. The first-order valence-corrected chi connectivity index (χ1v) is 10.4. The monoisotopic (exact) mass is 403 g/mol. The van der Waals surface area contributed by atoms with Gasteiger partial charge in [-0.2, -0.15) is 0 Å². The highest BCUT2D eigenvalue weighted by atomic mass is 32.2. The van der Waals surface area contributed by atoms with Gasteiger partial charge in [0.05, 0.1) is 10.6 Å². The van der Waals surface area contributed by atoms with E-state index in [0.717, 1.165) is 35.0 Å². The molecule has 0 fully saturated rings. The fourth-order valence-electron chi connectivity index (χ4n) is 3.23. The minimum atomic E-state index is -0.490. The lowest BCUT2D eigenvalue weighted by Crippen LogP contribution is -2.25. The fourth-order valence-corrected chi connectivity index (χ4v) is 5.41. The van der Waals surface area contributed by atoms with E-state index in [0.29, 0.717) is 10.8 Å². The van der Waals surface area contributed by atoms with Crippen LogP contribution in [0.25, 0.3) is 10.2 Å². The summed E-state index contributed by atoms with van der Waals surface area (Å²) in [4.78, 5) is 31.9. The predicted molar refractivity (Wildman–Crippen MR) is 107 cm³/mol. The number of carbonyl (C=O) groups is 1. The number of nitrogens with one attached hydrogen (secondary N) is 1. The Kier molecular flexibility index (Phi) is 4.77. The van der Waals surface area contributed by atoms with E-state index in [1.165, 1.54) is 39.4 Å². The summed E-state index contributed by atoms with van der Waals surface area (Å²) < 4.78 is 14.8. The third-order valence-electron chi connectivity index (χ3n) is 4.65. The van der Waals surface area contributed by atoms with Crippen molar-refractivity contribution in [2.75, 3.05) is 5.32 Å². The smallest absolute Gasteiger partial charge is 0.262 e. The highest BCUT2D eigenvalue weighted by Crippen LogP contribution is 2.35. The number of nitrogens with zero attached hydrogens (tertiary/aromatic N) is 2. The molecule has 0 aliphatic heterocycles. The van der Waals surface area contributed by atoms with E-state index >= 15 is 0 Å². The minimum absolute atomic E-state index is 0.0559. The topological polar surface area (TPSA) is 64.0 Å². The number of thiophene rings is 1. The third kappa shape index (κ3) is 3.39. The molecule has 0 bridgehead atoms. The van der Waals surface area contributed by atoms with Crippen LogP contribution < -0.4 is 10.9 Å². The van der Waals surface area contributed by atoms with Gasteiger partial charge in [-0.25, -0.2) is 9.37 Å². The Morgan fingerprint density at radius 2 is 2.22 bits per heavy atom. The molecule has 5 nitrogen and oxygen atoms in total. The minimum Gasteiger partial charge on any atom is -0.325 e. The molecule has 1 aliphatic rings. The molecule has 0 unspecified atom stereocenters. The van der Waals surface area contributed by atoms with Crippen LogP contribution in [0.15, 0.2) is 34.2 Å². The Morgan fingerprint density at radius 1 is 1.41 bits per heavy atom. The standard InChI is InChI=1S/C19H18FN3O2S2/c1-10(16(24)21-12-6-3-5-11(20)9-12)26-19-22-17-15(18(25)23(19)2)13-7-4-8-14(13)27-17/h3,5-6,9-10H,4,7-8H2,1-2H3,(H,21,24)/t10-/m0/s1. The summed E-state index contributed by atoms with van der Waals surface area (Å²) in [6.07, 6.45) is 3.04. The summed E-state index contributed by atoms with van der Waals surface area (Å²) in [6.45, 7) is 1.74. The second-order valence-electron chi connectivity index (χ2n) is 6.56. The second-order valence-corrected chi connectivity index (χ2v) is 8.95. The summed E-state index contributed by atoms with van der Waals surface area (Å²) in [6, 6.07) is 5.76. The molecule has 140 valence electrons. The van der Waals surface area contributed by atoms with Gasteiger partial charge in [-0.1, -0.05) is 17.8 Å². The van der Waals surface area contributed by atoms with Gasteiger partial charge in [-0.15, -0.1) is 11.3 Å². The van der Waals surface area contributed by atoms with Gasteiger partial charge in [0.15, 0.2) is 5.16 Å². The maximum absolute atomic E-state index is 13.3. The van der Waals surface area contributed by atoms with Gasteiger partial charge >= 0.3 is 0 Å². The number of fused-ring (bicyclic) bond motifs is 3. The quantitative estimate of drug-likeness (QED) is 0.532. The van der Waals surface area contributed by atoms with E-state index in [1.54, 1.807) is 31.4 Å². The average molecular weight is 404 g/mol. The zero-order chi connectivity index (χ0) is 19.1. The number of carbonyl (C=O) groups excluding carboxylic acids is 1. The number of anilines is 1. The van der Waals surface area contributed by atoms with Crippen molar-refractivity contribution in [3.8, 4) is 0 Å². The molecule has 1 aromatic carbocycles. The first-order chi connectivity index (χ1) is 12.9. The number of amides is 1. The van der Waals surface area contributed by atoms with Gasteiger partial charge in [0.1, 0.15) is 10.6 Å². The van der Waals surface area contributed by atoms with Gasteiger partial charge < -0.3 is 5.32 Å². The number of rotatable bonds is 4. The maximum atomic E-state index is 13.3. The molecule has 3 aromatic rings. The molecule has 8 heteroatoms. The largest absolute Gasteiger partial charge is 0.325 e. The number of hydrogen-bond acceptors (Lipinski definition) is 5. The molecule has 1 amide bonds. The van der Waals surface area contributed by atoms with Crippen molar-refractivity contribution in [3.05, 3.63) is 50.9 Å². The Bertz CT molecular complexity index is 1110. The Labute approximate surface area is 163 Å². The number of aryl methyl sites for hydroxylation is 2. The lowest BCUT2D eigenvalue weighted by molar-refractivity contribution is -0.115. The number of hydrogen-bond donors (Lipinski definition) is 1. The van der Waals surface area contributed by atoms with Crippen molar-refractivity contribution >= 4 is 44.9 Å². The van der Waals surface area contributed by atoms with Crippen molar-refractivity contribution in [2.45, 2.75) is 36.6 Å². The molecule has 1 N–H and O–H groups in total. The van der Waals surface area contributed by atoms with Crippen molar-refractivity contribution in [1.29, 1.82) is 0 Å². The first kappa shape index (κ1) is 18.2. The maximum Gasteiger partial charge on any atom is 0.262 e. The van der Waals surface area contributed by atoms with Crippen LogP contribution in [-0.4, -0.2) is 20.7 Å². The van der Waals surface area contributed by atoms with Gasteiger partial charge in [0.2, 0.25) is 5.91 Å². The average Bonchev–Trinajstić information content (AvgIpc) is 3.20.